The fourth-order valence-electron chi connectivity index (χ4n) is 1.76. The van der Waals surface area contributed by atoms with E-state index in [1.165, 1.54) is 0 Å². The summed E-state index contributed by atoms with van der Waals surface area (Å²) in [4.78, 5) is 0. The third-order valence-corrected chi connectivity index (χ3v) is 2.89. The normalized spacial score (nSPS) is 14.5. The molecule has 0 heterocycles. The molecule has 0 aliphatic heterocycles. The first-order valence-electron chi connectivity index (χ1n) is 5.76. The maximum Gasteiger partial charge on any atom is 0.121 e. The van der Waals surface area contributed by atoms with Gasteiger partial charge in [0.25, 0.3) is 0 Å². The summed E-state index contributed by atoms with van der Waals surface area (Å²) < 4.78 is 5.85. The second-order valence-electron chi connectivity index (χ2n) is 3.96. The smallest absolute Gasteiger partial charge is 0.121 e. The van der Waals surface area contributed by atoms with Gasteiger partial charge in [-0.15, -0.1) is 0 Å². The summed E-state index contributed by atoms with van der Waals surface area (Å²) in [6.45, 7) is 4.26. The Hall–Kier alpha value is -0.730. The van der Waals surface area contributed by atoms with Crippen molar-refractivity contribution in [3.8, 4) is 5.75 Å². The summed E-state index contributed by atoms with van der Waals surface area (Å²) in [6, 6.07) is 7.90. The topological polar surface area (TPSA) is 21.3 Å². The minimum Gasteiger partial charge on any atom is -0.489 e. The van der Waals surface area contributed by atoms with Crippen LogP contribution < -0.4 is 10.1 Å². The lowest BCUT2D eigenvalue weighted by atomic mass is 10.1. The highest BCUT2D eigenvalue weighted by atomic mass is 35.5. The summed E-state index contributed by atoms with van der Waals surface area (Å²) in [6.07, 6.45) is 2.40. The van der Waals surface area contributed by atoms with Gasteiger partial charge in [-0.2, -0.15) is 0 Å². The number of rotatable bonds is 6. The lowest BCUT2D eigenvalue weighted by molar-refractivity contribution is 0.168. The van der Waals surface area contributed by atoms with E-state index in [1.54, 1.807) is 0 Å². The van der Waals surface area contributed by atoms with Crippen molar-refractivity contribution in [1.82, 2.24) is 5.32 Å². The van der Waals surface area contributed by atoms with Crippen molar-refractivity contribution in [1.29, 1.82) is 0 Å². The summed E-state index contributed by atoms with van der Waals surface area (Å²) in [7, 11) is 1.97. The first-order valence-corrected chi connectivity index (χ1v) is 6.14. The molecule has 0 aliphatic rings. The van der Waals surface area contributed by atoms with E-state index in [9.17, 15) is 0 Å². The Morgan fingerprint density at radius 3 is 2.75 bits per heavy atom. The van der Waals surface area contributed by atoms with Crippen LogP contribution in [0.1, 0.15) is 26.7 Å². The molecule has 0 aliphatic carbocycles. The maximum atomic E-state index is 5.91. The van der Waals surface area contributed by atoms with Gasteiger partial charge in [-0.3, -0.25) is 0 Å². The second kappa shape index (κ2) is 6.77. The zero-order valence-electron chi connectivity index (χ0n) is 10.2. The van der Waals surface area contributed by atoms with E-state index in [4.69, 9.17) is 16.3 Å². The van der Waals surface area contributed by atoms with Crippen LogP contribution in [0, 0.1) is 0 Å². The van der Waals surface area contributed by atoms with Gasteiger partial charge in [0.05, 0.1) is 0 Å². The van der Waals surface area contributed by atoms with E-state index >= 15 is 0 Å². The fraction of sp³-hybridized carbons (Fsp3) is 0.538. The molecule has 2 nitrogen and oxygen atoms in total. The van der Waals surface area contributed by atoms with Crippen LogP contribution in [0.2, 0.25) is 5.02 Å². The molecule has 0 saturated carbocycles. The lowest BCUT2D eigenvalue weighted by Crippen LogP contribution is -2.39. The van der Waals surface area contributed by atoms with Crippen LogP contribution in [0.15, 0.2) is 24.3 Å². The first kappa shape index (κ1) is 13.3. The van der Waals surface area contributed by atoms with Crippen LogP contribution in [-0.4, -0.2) is 19.2 Å². The van der Waals surface area contributed by atoms with Crippen LogP contribution in [-0.2, 0) is 0 Å². The molecule has 1 N–H and O–H groups in total. The fourth-order valence-corrected chi connectivity index (χ4v) is 1.94. The molecule has 1 aromatic rings. The highest BCUT2D eigenvalue weighted by molar-refractivity contribution is 6.30. The number of likely N-dealkylation sites (N-methyl/N-ethyl adjacent to an activating group) is 1. The molecule has 0 spiro atoms. The summed E-state index contributed by atoms with van der Waals surface area (Å²) in [5.41, 5.74) is 0. The summed E-state index contributed by atoms with van der Waals surface area (Å²) >= 11 is 5.91. The maximum absolute atomic E-state index is 5.91. The molecule has 0 radical (unpaired) electrons. The van der Waals surface area contributed by atoms with Crippen LogP contribution in [0.4, 0.5) is 0 Å². The van der Waals surface area contributed by atoms with Crippen molar-refractivity contribution in [3.63, 3.8) is 0 Å². The van der Waals surface area contributed by atoms with Crippen molar-refractivity contribution in [2.75, 3.05) is 7.05 Å². The van der Waals surface area contributed by atoms with Crippen LogP contribution in [0.3, 0.4) is 0 Å². The number of ether oxygens (including phenoxy) is 1. The van der Waals surface area contributed by atoms with Gasteiger partial charge in [-0.1, -0.05) is 31.0 Å². The van der Waals surface area contributed by atoms with Gasteiger partial charge in [-0.05, 0) is 38.6 Å². The predicted molar refractivity (Wildman–Crippen MR) is 69.3 cm³/mol. The Balaban J connectivity index is 2.58. The molecule has 0 fully saturated rings. The van der Waals surface area contributed by atoms with E-state index < -0.39 is 0 Å². The average Bonchev–Trinajstić information content (AvgIpc) is 2.25. The average molecular weight is 242 g/mol. The van der Waals surface area contributed by atoms with E-state index in [0.717, 1.165) is 18.6 Å². The first-order chi connectivity index (χ1) is 7.67. The molecule has 16 heavy (non-hydrogen) atoms. The predicted octanol–water partition coefficient (Wildman–Crippen LogP) is 3.50. The van der Waals surface area contributed by atoms with E-state index in [1.807, 2.05) is 31.3 Å². The van der Waals surface area contributed by atoms with Crippen molar-refractivity contribution in [3.05, 3.63) is 29.3 Å². The van der Waals surface area contributed by atoms with Gasteiger partial charge in [0.1, 0.15) is 11.9 Å². The van der Waals surface area contributed by atoms with Gasteiger partial charge in [0, 0.05) is 11.1 Å². The molecule has 1 aromatic carbocycles. The number of nitrogens with one attached hydrogen (secondary N) is 1. The zero-order valence-corrected chi connectivity index (χ0v) is 10.9. The highest BCUT2D eigenvalue weighted by Gasteiger charge is 2.15. The van der Waals surface area contributed by atoms with E-state index in [2.05, 4.69) is 19.2 Å². The number of halogens is 1. The molecular weight excluding hydrogens is 222 g/mol. The number of benzene rings is 1. The standard InChI is InChI=1S/C13H20ClNO/c1-4-6-13(15-3)10(2)16-12-8-5-7-11(14)9-12/h5,7-10,13,15H,4,6H2,1-3H3. The lowest BCUT2D eigenvalue weighted by Gasteiger charge is -2.24. The Bertz CT molecular complexity index is 317. The zero-order chi connectivity index (χ0) is 12.0. The van der Waals surface area contributed by atoms with Gasteiger partial charge in [0.2, 0.25) is 0 Å². The summed E-state index contributed by atoms with van der Waals surface area (Å²) in [5, 5.41) is 3.99. The second-order valence-corrected chi connectivity index (χ2v) is 4.40. The molecular formula is C13H20ClNO. The molecule has 0 amide bonds. The van der Waals surface area contributed by atoms with Gasteiger partial charge in [-0.25, -0.2) is 0 Å². The Morgan fingerprint density at radius 2 is 2.19 bits per heavy atom. The Kier molecular flexibility index (Phi) is 5.64. The van der Waals surface area contributed by atoms with Crippen molar-refractivity contribution in [2.24, 2.45) is 0 Å². The van der Waals surface area contributed by atoms with Crippen molar-refractivity contribution >= 4 is 11.6 Å². The van der Waals surface area contributed by atoms with Crippen molar-refractivity contribution < 1.29 is 4.74 Å². The largest absolute Gasteiger partial charge is 0.489 e. The summed E-state index contributed by atoms with van der Waals surface area (Å²) in [5.74, 6) is 0.830. The van der Waals surface area contributed by atoms with Crippen LogP contribution in [0.5, 0.6) is 5.75 Å². The van der Waals surface area contributed by atoms with E-state index in [0.29, 0.717) is 11.1 Å². The molecule has 0 aromatic heterocycles. The number of hydrogen-bond acceptors (Lipinski definition) is 2. The van der Waals surface area contributed by atoms with Crippen molar-refractivity contribution in [2.45, 2.75) is 38.8 Å². The highest BCUT2D eigenvalue weighted by Crippen LogP contribution is 2.19. The quantitative estimate of drug-likeness (QED) is 0.823. The molecule has 2 unspecified atom stereocenters. The van der Waals surface area contributed by atoms with Gasteiger partial charge in [0.15, 0.2) is 0 Å². The molecule has 3 heteroatoms. The molecule has 1 rings (SSSR count). The minimum absolute atomic E-state index is 0.142. The number of hydrogen-bond donors (Lipinski definition) is 1. The van der Waals surface area contributed by atoms with Crippen LogP contribution >= 0.6 is 11.6 Å². The third kappa shape index (κ3) is 4.03. The SMILES string of the molecule is CCCC(NC)C(C)Oc1cccc(Cl)c1. The molecule has 0 saturated heterocycles. The Morgan fingerprint density at radius 1 is 1.44 bits per heavy atom. The monoisotopic (exact) mass is 241 g/mol. The van der Waals surface area contributed by atoms with Crippen LogP contribution in [0.25, 0.3) is 0 Å². The molecule has 2 atom stereocenters. The molecule has 90 valence electrons. The third-order valence-electron chi connectivity index (χ3n) is 2.66. The van der Waals surface area contributed by atoms with Gasteiger partial charge < -0.3 is 10.1 Å². The Labute approximate surface area is 103 Å². The molecule has 0 bridgehead atoms. The minimum atomic E-state index is 0.142. The van der Waals surface area contributed by atoms with Gasteiger partial charge >= 0.3 is 0 Å². The van der Waals surface area contributed by atoms with E-state index in [-0.39, 0.29) is 6.10 Å².